The van der Waals surface area contributed by atoms with Crippen molar-refractivity contribution in [2.75, 3.05) is 0 Å². The molecule has 0 aliphatic carbocycles. The fourth-order valence-electron chi connectivity index (χ4n) is 1.60. The summed E-state index contributed by atoms with van der Waals surface area (Å²) in [6.45, 7) is 0. The highest BCUT2D eigenvalue weighted by Gasteiger charge is 2.11. The van der Waals surface area contributed by atoms with Crippen LogP contribution in [0.2, 0.25) is 0 Å². The molecule has 0 aliphatic heterocycles. The van der Waals surface area contributed by atoms with E-state index in [1.807, 2.05) is 5.38 Å². The molecule has 7 nitrogen and oxygen atoms in total. The lowest BCUT2D eigenvalue weighted by Crippen LogP contribution is -1.88. The topological polar surface area (TPSA) is 97.6 Å². The van der Waals surface area contributed by atoms with Gasteiger partial charge in [0, 0.05) is 23.1 Å². The number of hydrogen-bond acceptors (Lipinski definition) is 6. The largest absolute Gasteiger partial charge is 0.270 e. The van der Waals surface area contributed by atoms with Crippen LogP contribution in [0.25, 0.3) is 22.1 Å². The Bertz CT molecular complexity index is 722. The molecule has 0 saturated heterocycles. The summed E-state index contributed by atoms with van der Waals surface area (Å²) in [5, 5.41) is 19.8. The Hall–Kier alpha value is -2.61. The normalized spacial score (nSPS) is 10.5. The fourth-order valence-corrected chi connectivity index (χ4v) is 2.38. The van der Waals surface area contributed by atoms with Crippen LogP contribution in [0.3, 0.4) is 0 Å². The van der Waals surface area contributed by atoms with E-state index in [0.29, 0.717) is 22.1 Å². The zero-order valence-electron chi connectivity index (χ0n) is 9.48. The van der Waals surface area contributed by atoms with E-state index in [1.54, 1.807) is 12.1 Å². The first-order chi connectivity index (χ1) is 9.24. The Morgan fingerprint density at radius 2 is 2.26 bits per heavy atom. The summed E-state index contributed by atoms with van der Waals surface area (Å²) in [6, 6.07) is 6.37. The van der Waals surface area contributed by atoms with Gasteiger partial charge in [0.05, 0.1) is 10.6 Å². The van der Waals surface area contributed by atoms with E-state index in [4.69, 9.17) is 0 Å². The van der Waals surface area contributed by atoms with Crippen molar-refractivity contribution in [3.63, 3.8) is 0 Å². The Balaban J connectivity index is 1.99. The first-order valence-electron chi connectivity index (χ1n) is 5.30. The van der Waals surface area contributed by atoms with E-state index in [2.05, 4.69) is 20.2 Å². The highest BCUT2D eigenvalue weighted by Crippen LogP contribution is 2.28. The van der Waals surface area contributed by atoms with Crippen molar-refractivity contribution in [2.24, 2.45) is 0 Å². The zero-order chi connectivity index (χ0) is 13.2. The van der Waals surface area contributed by atoms with Gasteiger partial charge in [-0.25, -0.2) is 9.97 Å². The van der Waals surface area contributed by atoms with Gasteiger partial charge < -0.3 is 0 Å². The minimum Gasteiger partial charge on any atom is -0.258 e. The van der Waals surface area contributed by atoms with Gasteiger partial charge in [0.1, 0.15) is 6.33 Å². The molecule has 0 radical (unpaired) electrons. The standard InChI is InChI=1S/C11H7N5O2S/c17-16(18)8-3-1-2-7(4-8)9-5-19-11(14-9)10-12-6-13-15-10/h1-6H,(H,12,13,15). The molecule has 0 fully saturated rings. The number of thiazole rings is 1. The molecular formula is C11H7N5O2S. The number of nitrogens with zero attached hydrogens (tertiary/aromatic N) is 4. The molecule has 94 valence electrons. The van der Waals surface area contributed by atoms with Crippen molar-refractivity contribution >= 4 is 17.0 Å². The number of aromatic amines is 1. The average molecular weight is 273 g/mol. The Morgan fingerprint density at radius 1 is 1.37 bits per heavy atom. The minimum absolute atomic E-state index is 0.0479. The van der Waals surface area contributed by atoms with E-state index in [1.165, 1.54) is 29.8 Å². The van der Waals surface area contributed by atoms with Crippen LogP contribution in [0.5, 0.6) is 0 Å². The summed E-state index contributed by atoms with van der Waals surface area (Å²) in [4.78, 5) is 18.7. The van der Waals surface area contributed by atoms with Gasteiger partial charge in [-0.2, -0.15) is 5.10 Å². The summed E-state index contributed by atoms with van der Waals surface area (Å²) in [7, 11) is 0. The van der Waals surface area contributed by atoms with E-state index < -0.39 is 4.92 Å². The van der Waals surface area contributed by atoms with Crippen LogP contribution >= 0.6 is 11.3 Å². The first-order valence-corrected chi connectivity index (χ1v) is 6.18. The number of benzene rings is 1. The molecule has 19 heavy (non-hydrogen) atoms. The molecule has 1 N–H and O–H groups in total. The van der Waals surface area contributed by atoms with Crippen molar-refractivity contribution in [1.82, 2.24) is 20.2 Å². The molecule has 0 aliphatic rings. The van der Waals surface area contributed by atoms with Crippen LogP contribution in [0, 0.1) is 10.1 Å². The van der Waals surface area contributed by atoms with Crippen LogP contribution in [-0.4, -0.2) is 25.1 Å². The lowest BCUT2D eigenvalue weighted by molar-refractivity contribution is -0.384. The van der Waals surface area contributed by atoms with E-state index >= 15 is 0 Å². The number of aromatic nitrogens is 4. The zero-order valence-corrected chi connectivity index (χ0v) is 10.3. The highest BCUT2D eigenvalue weighted by atomic mass is 32.1. The molecule has 0 spiro atoms. The molecule has 8 heteroatoms. The minimum atomic E-state index is -0.423. The number of H-pyrrole nitrogens is 1. The molecule has 3 rings (SSSR count). The van der Waals surface area contributed by atoms with Gasteiger partial charge in [-0.05, 0) is 0 Å². The van der Waals surface area contributed by atoms with Crippen molar-refractivity contribution in [3.05, 3.63) is 46.1 Å². The third-order valence-electron chi connectivity index (χ3n) is 2.47. The van der Waals surface area contributed by atoms with Crippen LogP contribution in [0.1, 0.15) is 0 Å². The number of rotatable bonds is 3. The van der Waals surface area contributed by atoms with Crippen LogP contribution in [0.15, 0.2) is 36.0 Å². The maximum Gasteiger partial charge on any atom is 0.270 e. The highest BCUT2D eigenvalue weighted by molar-refractivity contribution is 7.13. The molecular weight excluding hydrogens is 266 g/mol. The third kappa shape index (κ3) is 2.20. The maximum atomic E-state index is 10.7. The Kier molecular flexibility index (Phi) is 2.76. The van der Waals surface area contributed by atoms with Gasteiger partial charge in [0.15, 0.2) is 10.8 Å². The quantitative estimate of drug-likeness (QED) is 0.584. The molecule has 0 amide bonds. The fraction of sp³-hybridized carbons (Fsp3) is 0. The van der Waals surface area contributed by atoms with Gasteiger partial charge >= 0.3 is 0 Å². The molecule has 3 aromatic rings. The van der Waals surface area contributed by atoms with E-state index in [-0.39, 0.29) is 5.69 Å². The van der Waals surface area contributed by atoms with Gasteiger partial charge in [-0.3, -0.25) is 15.2 Å². The molecule has 2 aromatic heterocycles. The molecule has 0 unspecified atom stereocenters. The van der Waals surface area contributed by atoms with Crippen molar-refractivity contribution in [2.45, 2.75) is 0 Å². The molecule has 0 atom stereocenters. The van der Waals surface area contributed by atoms with Crippen LogP contribution in [-0.2, 0) is 0 Å². The monoisotopic (exact) mass is 273 g/mol. The third-order valence-corrected chi connectivity index (χ3v) is 3.32. The Labute approximate surface area is 111 Å². The lowest BCUT2D eigenvalue weighted by Gasteiger charge is -1.96. The van der Waals surface area contributed by atoms with E-state index in [9.17, 15) is 10.1 Å². The van der Waals surface area contributed by atoms with Crippen molar-refractivity contribution < 1.29 is 4.92 Å². The predicted molar refractivity (Wildman–Crippen MR) is 69.6 cm³/mol. The van der Waals surface area contributed by atoms with Crippen molar-refractivity contribution in [1.29, 1.82) is 0 Å². The summed E-state index contributed by atoms with van der Waals surface area (Å²) < 4.78 is 0. The maximum absolute atomic E-state index is 10.7. The van der Waals surface area contributed by atoms with Gasteiger partial charge in [-0.15, -0.1) is 11.3 Å². The van der Waals surface area contributed by atoms with Gasteiger partial charge in [0.25, 0.3) is 5.69 Å². The smallest absolute Gasteiger partial charge is 0.258 e. The SMILES string of the molecule is O=[N+]([O-])c1cccc(-c2csc(-c3ncn[nH]3)n2)c1. The Morgan fingerprint density at radius 3 is 3.00 bits per heavy atom. The first kappa shape index (κ1) is 11.5. The number of nitro groups is 1. The number of nitro benzene ring substituents is 1. The number of hydrogen-bond donors (Lipinski definition) is 1. The molecule has 1 aromatic carbocycles. The number of nitrogens with one attached hydrogen (secondary N) is 1. The van der Waals surface area contributed by atoms with Crippen LogP contribution < -0.4 is 0 Å². The molecule has 0 saturated carbocycles. The molecule has 2 heterocycles. The second kappa shape index (κ2) is 4.58. The summed E-state index contributed by atoms with van der Waals surface area (Å²) >= 11 is 1.40. The second-order valence-corrected chi connectivity index (χ2v) is 4.54. The van der Waals surface area contributed by atoms with E-state index in [0.717, 1.165) is 0 Å². The lowest BCUT2D eigenvalue weighted by atomic mass is 10.1. The van der Waals surface area contributed by atoms with Gasteiger partial charge in [-0.1, -0.05) is 12.1 Å². The average Bonchev–Trinajstić information content (AvgIpc) is 3.09. The summed E-state index contributed by atoms with van der Waals surface area (Å²) in [5.74, 6) is 0.585. The van der Waals surface area contributed by atoms with Crippen LogP contribution in [0.4, 0.5) is 5.69 Å². The number of non-ortho nitro benzene ring substituents is 1. The summed E-state index contributed by atoms with van der Waals surface area (Å²) in [6.07, 6.45) is 1.41. The summed E-state index contributed by atoms with van der Waals surface area (Å²) in [5.41, 5.74) is 1.43. The predicted octanol–water partition coefficient (Wildman–Crippen LogP) is 2.50. The molecule has 0 bridgehead atoms. The van der Waals surface area contributed by atoms with Gasteiger partial charge in [0.2, 0.25) is 0 Å². The second-order valence-electron chi connectivity index (χ2n) is 3.68. The van der Waals surface area contributed by atoms with Crippen molar-refractivity contribution in [3.8, 4) is 22.1 Å².